The van der Waals surface area contributed by atoms with Crippen molar-refractivity contribution in [2.24, 2.45) is 0 Å². The molecule has 0 amide bonds. The van der Waals surface area contributed by atoms with Crippen LogP contribution in [0, 0.1) is 0 Å². The zero-order valence-electron chi connectivity index (χ0n) is 13.9. The van der Waals surface area contributed by atoms with Crippen molar-refractivity contribution >= 4 is 10.9 Å². The molecule has 0 saturated heterocycles. The summed E-state index contributed by atoms with van der Waals surface area (Å²) in [5.41, 5.74) is 3.67. The van der Waals surface area contributed by atoms with Crippen molar-refractivity contribution in [3.8, 4) is 5.75 Å². The van der Waals surface area contributed by atoms with Crippen molar-refractivity contribution in [3.63, 3.8) is 0 Å². The number of rotatable bonds is 4. The number of fused-ring (bicyclic) bond motifs is 2. The van der Waals surface area contributed by atoms with E-state index in [0.717, 1.165) is 36.0 Å². The molecule has 2 aromatic rings. The third-order valence-corrected chi connectivity index (χ3v) is 4.31. The predicted molar refractivity (Wildman–Crippen MR) is 91.6 cm³/mol. The molecule has 0 aliphatic heterocycles. The number of aryl methyl sites for hydroxylation is 1. The van der Waals surface area contributed by atoms with E-state index in [0.29, 0.717) is 0 Å². The highest BCUT2D eigenvalue weighted by atomic mass is 16.5. The number of aromatic nitrogens is 1. The summed E-state index contributed by atoms with van der Waals surface area (Å²) >= 11 is 0. The molecule has 0 N–H and O–H groups in total. The van der Waals surface area contributed by atoms with Crippen molar-refractivity contribution in [3.05, 3.63) is 35.5 Å². The summed E-state index contributed by atoms with van der Waals surface area (Å²) in [7, 11) is 4.18. The second kappa shape index (κ2) is 6.66. The number of para-hydroxylation sites is 1. The molecule has 1 aromatic heterocycles. The fourth-order valence-electron chi connectivity index (χ4n) is 3.39. The topological polar surface area (TPSA) is 25.4 Å². The highest BCUT2D eigenvalue weighted by molar-refractivity contribution is 5.86. The smallest absolute Gasteiger partial charge is 0.134 e. The molecule has 1 heterocycles. The van der Waals surface area contributed by atoms with Gasteiger partial charge in [0.1, 0.15) is 11.9 Å². The number of hydrogen-bond donors (Lipinski definition) is 0. The molecule has 1 unspecified atom stereocenters. The first-order chi connectivity index (χ1) is 10.6. The molecular formula is C19H26N2O. The van der Waals surface area contributed by atoms with Gasteiger partial charge in [-0.15, -0.1) is 0 Å². The maximum atomic E-state index is 6.41. The van der Waals surface area contributed by atoms with E-state index in [1.165, 1.54) is 30.5 Å². The standard InChI is InChI=1S/C19H26N2O/c1-14(13-21(2)3)22-19-15-9-5-4-6-11-17(15)20-18-12-8-7-10-16(18)19/h7-8,10,12,14H,4-6,9,11,13H2,1-3H3. The van der Waals surface area contributed by atoms with Crippen LogP contribution < -0.4 is 4.74 Å². The van der Waals surface area contributed by atoms with Crippen LogP contribution in [0.5, 0.6) is 5.75 Å². The maximum Gasteiger partial charge on any atom is 0.134 e. The second-order valence-corrected chi connectivity index (χ2v) is 6.63. The first-order valence-electron chi connectivity index (χ1n) is 8.37. The van der Waals surface area contributed by atoms with Crippen LogP contribution >= 0.6 is 0 Å². The van der Waals surface area contributed by atoms with Crippen molar-refractivity contribution in [2.75, 3.05) is 20.6 Å². The second-order valence-electron chi connectivity index (χ2n) is 6.63. The Balaban J connectivity index is 2.06. The quantitative estimate of drug-likeness (QED) is 0.802. The van der Waals surface area contributed by atoms with Crippen molar-refractivity contribution in [2.45, 2.75) is 45.1 Å². The summed E-state index contributed by atoms with van der Waals surface area (Å²) in [6.07, 6.45) is 6.12. The van der Waals surface area contributed by atoms with Gasteiger partial charge in [0.15, 0.2) is 0 Å². The Kier molecular flexibility index (Phi) is 4.63. The largest absolute Gasteiger partial charge is 0.488 e. The normalized spacial score (nSPS) is 16.4. The number of ether oxygens (including phenoxy) is 1. The Morgan fingerprint density at radius 2 is 1.91 bits per heavy atom. The SMILES string of the molecule is CC(CN(C)C)Oc1c2c(nc3ccccc13)CCCCC2. The summed E-state index contributed by atoms with van der Waals surface area (Å²) in [4.78, 5) is 7.09. The van der Waals surface area contributed by atoms with Gasteiger partial charge in [0.2, 0.25) is 0 Å². The van der Waals surface area contributed by atoms with E-state index < -0.39 is 0 Å². The monoisotopic (exact) mass is 298 g/mol. The van der Waals surface area contributed by atoms with Gasteiger partial charge in [-0.25, -0.2) is 0 Å². The van der Waals surface area contributed by atoms with Gasteiger partial charge in [0.25, 0.3) is 0 Å². The maximum absolute atomic E-state index is 6.41. The van der Waals surface area contributed by atoms with Crippen LogP contribution in [-0.4, -0.2) is 36.6 Å². The molecule has 0 saturated carbocycles. The molecule has 0 fully saturated rings. The van der Waals surface area contributed by atoms with Gasteiger partial charge in [0, 0.05) is 23.2 Å². The molecule has 3 rings (SSSR count). The zero-order valence-corrected chi connectivity index (χ0v) is 13.9. The lowest BCUT2D eigenvalue weighted by atomic mass is 10.0. The Labute approximate surface area is 133 Å². The van der Waals surface area contributed by atoms with Gasteiger partial charge in [-0.05, 0) is 58.8 Å². The van der Waals surface area contributed by atoms with Gasteiger partial charge < -0.3 is 9.64 Å². The van der Waals surface area contributed by atoms with Crippen molar-refractivity contribution < 1.29 is 4.74 Å². The lowest BCUT2D eigenvalue weighted by molar-refractivity contribution is 0.177. The molecule has 0 spiro atoms. The summed E-state index contributed by atoms with van der Waals surface area (Å²) in [5.74, 6) is 1.08. The average molecular weight is 298 g/mol. The van der Waals surface area contributed by atoms with Crippen LogP contribution in [0.1, 0.15) is 37.4 Å². The van der Waals surface area contributed by atoms with E-state index in [9.17, 15) is 0 Å². The van der Waals surface area contributed by atoms with Gasteiger partial charge in [-0.1, -0.05) is 18.6 Å². The first kappa shape index (κ1) is 15.3. The Hall–Kier alpha value is -1.61. The van der Waals surface area contributed by atoms with Crippen molar-refractivity contribution in [1.29, 1.82) is 0 Å². The summed E-state index contributed by atoms with van der Waals surface area (Å²) in [5, 5.41) is 1.16. The molecular weight excluding hydrogens is 272 g/mol. The molecule has 1 atom stereocenters. The molecule has 0 radical (unpaired) electrons. The number of benzene rings is 1. The molecule has 1 aliphatic carbocycles. The number of pyridine rings is 1. The van der Waals surface area contributed by atoms with Gasteiger partial charge >= 0.3 is 0 Å². The minimum Gasteiger partial charge on any atom is -0.488 e. The Bertz CT molecular complexity index is 651. The van der Waals surface area contributed by atoms with Crippen LogP contribution in [0.4, 0.5) is 0 Å². The van der Waals surface area contributed by atoms with Crippen molar-refractivity contribution in [1.82, 2.24) is 9.88 Å². The highest BCUT2D eigenvalue weighted by Gasteiger charge is 2.19. The van der Waals surface area contributed by atoms with E-state index in [2.05, 4.69) is 50.2 Å². The Morgan fingerprint density at radius 1 is 1.14 bits per heavy atom. The minimum absolute atomic E-state index is 0.174. The molecule has 3 heteroatoms. The summed E-state index contributed by atoms with van der Waals surface area (Å²) < 4.78 is 6.41. The summed E-state index contributed by atoms with van der Waals surface area (Å²) in [6.45, 7) is 3.07. The van der Waals surface area contributed by atoms with Gasteiger partial charge in [-0.3, -0.25) is 4.98 Å². The third kappa shape index (κ3) is 3.25. The van der Waals surface area contributed by atoms with Crippen LogP contribution in [0.2, 0.25) is 0 Å². The van der Waals surface area contributed by atoms with Crippen LogP contribution in [0.15, 0.2) is 24.3 Å². The lowest BCUT2D eigenvalue weighted by Crippen LogP contribution is -2.28. The van der Waals surface area contributed by atoms with E-state index >= 15 is 0 Å². The molecule has 1 aromatic carbocycles. The lowest BCUT2D eigenvalue weighted by Gasteiger charge is -2.22. The highest BCUT2D eigenvalue weighted by Crippen LogP contribution is 2.35. The predicted octanol–water partition coefficient (Wildman–Crippen LogP) is 3.83. The first-order valence-corrected chi connectivity index (χ1v) is 8.37. The van der Waals surface area contributed by atoms with Crippen LogP contribution in [0.3, 0.4) is 0 Å². The van der Waals surface area contributed by atoms with Crippen LogP contribution in [0.25, 0.3) is 10.9 Å². The molecule has 22 heavy (non-hydrogen) atoms. The molecule has 3 nitrogen and oxygen atoms in total. The van der Waals surface area contributed by atoms with Crippen LogP contribution in [-0.2, 0) is 12.8 Å². The minimum atomic E-state index is 0.174. The van der Waals surface area contributed by atoms with E-state index in [-0.39, 0.29) is 6.10 Å². The number of nitrogens with zero attached hydrogens (tertiary/aromatic N) is 2. The van der Waals surface area contributed by atoms with E-state index in [1.807, 2.05) is 0 Å². The fourth-order valence-corrected chi connectivity index (χ4v) is 3.39. The Morgan fingerprint density at radius 3 is 2.73 bits per heavy atom. The number of likely N-dealkylation sites (N-methyl/N-ethyl adjacent to an activating group) is 1. The fraction of sp³-hybridized carbons (Fsp3) is 0.526. The van der Waals surface area contributed by atoms with Gasteiger partial charge in [-0.2, -0.15) is 0 Å². The molecule has 0 bridgehead atoms. The molecule has 1 aliphatic rings. The van der Waals surface area contributed by atoms with E-state index in [1.54, 1.807) is 0 Å². The summed E-state index contributed by atoms with van der Waals surface area (Å²) in [6, 6.07) is 8.39. The number of hydrogen-bond acceptors (Lipinski definition) is 3. The average Bonchev–Trinajstić information content (AvgIpc) is 2.71. The third-order valence-electron chi connectivity index (χ3n) is 4.31. The van der Waals surface area contributed by atoms with Gasteiger partial charge in [0.05, 0.1) is 5.52 Å². The zero-order chi connectivity index (χ0) is 15.5. The molecule has 118 valence electrons. The van der Waals surface area contributed by atoms with E-state index in [4.69, 9.17) is 9.72 Å².